The Morgan fingerprint density at radius 2 is 1.74 bits per heavy atom. The van der Waals surface area contributed by atoms with Gasteiger partial charge < -0.3 is 4.74 Å². The van der Waals surface area contributed by atoms with E-state index in [2.05, 4.69) is 33.4 Å². The van der Waals surface area contributed by atoms with E-state index in [1.165, 1.54) is 50.5 Å². The summed E-state index contributed by atoms with van der Waals surface area (Å²) in [5.74, 6) is 5.28. The number of hydrogen-bond acceptors (Lipinski definition) is 6. The van der Waals surface area contributed by atoms with E-state index in [0.717, 1.165) is 12.0 Å². The minimum Gasteiger partial charge on any atom is -0.491 e. The molecule has 6 nitrogen and oxygen atoms in total. The van der Waals surface area contributed by atoms with Crippen LogP contribution in [0.25, 0.3) is 6.08 Å². The molecule has 1 aromatic rings. The van der Waals surface area contributed by atoms with E-state index in [1.807, 2.05) is 25.1 Å². The molecule has 0 aliphatic carbocycles. The Kier molecular flexibility index (Phi) is 12.0. The molecule has 0 radical (unpaired) electrons. The maximum absolute atomic E-state index is 11.0. The summed E-state index contributed by atoms with van der Waals surface area (Å²) in [5.41, 5.74) is 2.25. The Bertz CT molecular complexity index is 658. The van der Waals surface area contributed by atoms with E-state index in [4.69, 9.17) is 4.74 Å². The second-order valence-electron chi connectivity index (χ2n) is 6.42. The van der Waals surface area contributed by atoms with Gasteiger partial charge in [-0.3, -0.25) is 0 Å². The van der Waals surface area contributed by atoms with E-state index < -0.39 is 10.4 Å². The largest absolute Gasteiger partial charge is 0.491 e. The average molecular weight is 400 g/mol. The molecule has 0 aliphatic heterocycles. The van der Waals surface area contributed by atoms with Crippen LogP contribution in [0.5, 0.6) is 5.75 Å². The van der Waals surface area contributed by atoms with Crippen molar-refractivity contribution >= 4 is 16.5 Å². The Hall–Kier alpha value is -1.41. The second kappa shape index (κ2) is 13.7. The molecule has 0 fully saturated rings. The standard InChI is InChI=1S/C20H33NO5S/c1-3-5-6-7-8-9-10-12-18-13-14-20(19(17-18)11-4-2)24-15-16-25-27(22,23)26-21/h4,11,13-14,17H,3,5-10,12,15-16,21H2,1-2H3. The molecule has 154 valence electrons. The fourth-order valence-corrected chi connectivity index (χ4v) is 3.12. The molecule has 1 rings (SSSR count). The fourth-order valence-electron chi connectivity index (χ4n) is 2.80. The Balaban J connectivity index is 2.46. The number of hydrogen-bond donors (Lipinski definition) is 1. The minimum atomic E-state index is -4.14. The van der Waals surface area contributed by atoms with Gasteiger partial charge in [-0.05, 0) is 37.5 Å². The highest BCUT2D eigenvalue weighted by molar-refractivity contribution is 7.81. The zero-order chi connectivity index (χ0) is 20.0. The van der Waals surface area contributed by atoms with Gasteiger partial charge in [-0.1, -0.05) is 63.7 Å². The van der Waals surface area contributed by atoms with Crippen LogP contribution in [-0.4, -0.2) is 21.6 Å². The molecule has 0 aromatic heterocycles. The predicted octanol–water partition coefficient (Wildman–Crippen LogP) is 4.54. The van der Waals surface area contributed by atoms with Gasteiger partial charge in [0.05, 0.1) is 0 Å². The average Bonchev–Trinajstić information content (AvgIpc) is 2.66. The summed E-state index contributed by atoms with van der Waals surface area (Å²) in [4.78, 5) is 0. The lowest BCUT2D eigenvalue weighted by molar-refractivity contribution is 0.179. The van der Waals surface area contributed by atoms with Gasteiger partial charge >= 0.3 is 10.4 Å². The number of aryl methyl sites for hydroxylation is 1. The van der Waals surface area contributed by atoms with E-state index in [1.54, 1.807) is 0 Å². The summed E-state index contributed by atoms with van der Waals surface area (Å²) in [5, 5.41) is 0. The second-order valence-corrected chi connectivity index (χ2v) is 7.66. The molecule has 0 aliphatic rings. The Morgan fingerprint density at radius 1 is 1.04 bits per heavy atom. The monoisotopic (exact) mass is 399 g/mol. The van der Waals surface area contributed by atoms with Gasteiger partial charge in [-0.15, -0.1) is 0 Å². The SMILES string of the molecule is CC=Cc1cc(CCCCCCCCC)ccc1OCCOS(=O)(=O)ON. The first kappa shape index (κ1) is 23.6. The van der Waals surface area contributed by atoms with Crippen molar-refractivity contribution in [3.05, 3.63) is 35.4 Å². The van der Waals surface area contributed by atoms with Crippen molar-refractivity contribution in [1.82, 2.24) is 0 Å². The highest BCUT2D eigenvalue weighted by Gasteiger charge is 2.10. The summed E-state index contributed by atoms with van der Waals surface area (Å²) in [6.45, 7) is 4.08. The lowest BCUT2D eigenvalue weighted by Gasteiger charge is -2.11. The molecule has 0 heterocycles. The van der Waals surface area contributed by atoms with Crippen LogP contribution in [0.15, 0.2) is 24.3 Å². The van der Waals surface area contributed by atoms with Gasteiger partial charge in [0.25, 0.3) is 0 Å². The third kappa shape index (κ3) is 10.5. The van der Waals surface area contributed by atoms with Crippen LogP contribution < -0.4 is 10.6 Å². The number of nitrogens with two attached hydrogens (primary N) is 1. The van der Waals surface area contributed by atoms with Gasteiger partial charge in [-0.2, -0.15) is 18.6 Å². The Labute approximate surface area is 164 Å². The maximum Gasteiger partial charge on any atom is 0.416 e. The molecule has 0 saturated heterocycles. The first-order valence-electron chi connectivity index (χ1n) is 9.68. The summed E-state index contributed by atoms with van der Waals surface area (Å²) in [6.07, 6.45) is 14.0. The molecular formula is C20H33NO5S. The number of benzene rings is 1. The highest BCUT2D eigenvalue weighted by Crippen LogP contribution is 2.23. The Morgan fingerprint density at radius 3 is 2.41 bits per heavy atom. The minimum absolute atomic E-state index is 0.0737. The molecule has 0 saturated carbocycles. The molecule has 0 atom stereocenters. The number of unbranched alkanes of at least 4 members (excludes halogenated alkanes) is 6. The number of ether oxygens (including phenoxy) is 1. The summed E-state index contributed by atoms with van der Waals surface area (Å²) < 4.78 is 35.8. The molecule has 7 heteroatoms. The number of rotatable bonds is 15. The first-order valence-corrected chi connectivity index (χ1v) is 11.0. The normalized spacial score (nSPS) is 12.0. The smallest absolute Gasteiger partial charge is 0.416 e. The zero-order valence-electron chi connectivity index (χ0n) is 16.5. The third-order valence-electron chi connectivity index (χ3n) is 4.18. The first-order chi connectivity index (χ1) is 13.0. The molecule has 27 heavy (non-hydrogen) atoms. The molecule has 0 spiro atoms. The summed E-state index contributed by atoms with van der Waals surface area (Å²) in [6, 6.07) is 6.09. The fraction of sp³-hybridized carbons (Fsp3) is 0.600. The van der Waals surface area contributed by atoms with Crippen LogP contribution in [0.4, 0.5) is 0 Å². The van der Waals surface area contributed by atoms with Crippen molar-refractivity contribution in [3.8, 4) is 5.75 Å². The van der Waals surface area contributed by atoms with Crippen LogP contribution in [0.1, 0.15) is 69.9 Å². The lowest BCUT2D eigenvalue weighted by Crippen LogP contribution is -2.18. The quantitative estimate of drug-likeness (QED) is 0.344. The molecule has 1 aromatic carbocycles. The molecule has 0 bridgehead atoms. The van der Waals surface area contributed by atoms with Gasteiger partial charge in [0.15, 0.2) is 0 Å². The predicted molar refractivity (Wildman–Crippen MR) is 108 cm³/mol. The lowest BCUT2D eigenvalue weighted by atomic mass is 10.0. The zero-order valence-corrected chi connectivity index (χ0v) is 17.3. The molecule has 0 unspecified atom stereocenters. The van der Waals surface area contributed by atoms with E-state index in [-0.39, 0.29) is 13.2 Å². The summed E-state index contributed by atoms with van der Waals surface area (Å²) in [7, 11) is -4.14. The van der Waals surface area contributed by atoms with Crippen LogP contribution >= 0.6 is 0 Å². The van der Waals surface area contributed by atoms with Crippen LogP contribution in [0.2, 0.25) is 0 Å². The summed E-state index contributed by atoms with van der Waals surface area (Å²) >= 11 is 0. The van der Waals surface area contributed by atoms with Crippen molar-refractivity contribution in [3.63, 3.8) is 0 Å². The van der Waals surface area contributed by atoms with Crippen molar-refractivity contribution in [1.29, 1.82) is 0 Å². The van der Waals surface area contributed by atoms with E-state index in [0.29, 0.717) is 5.75 Å². The van der Waals surface area contributed by atoms with Gasteiger partial charge in [0, 0.05) is 5.56 Å². The van der Waals surface area contributed by atoms with Gasteiger partial charge in [-0.25, -0.2) is 4.18 Å². The van der Waals surface area contributed by atoms with E-state index in [9.17, 15) is 8.42 Å². The van der Waals surface area contributed by atoms with Crippen LogP contribution in [0.3, 0.4) is 0 Å². The third-order valence-corrected chi connectivity index (χ3v) is 4.87. The van der Waals surface area contributed by atoms with Crippen molar-refractivity contribution in [2.45, 2.75) is 65.2 Å². The van der Waals surface area contributed by atoms with Crippen LogP contribution in [0, 0.1) is 0 Å². The van der Waals surface area contributed by atoms with Crippen molar-refractivity contribution in [2.75, 3.05) is 13.2 Å². The van der Waals surface area contributed by atoms with Crippen LogP contribution in [-0.2, 0) is 25.3 Å². The van der Waals surface area contributed by atoms with Crippen molar-refractivity contribution in [2.24, 2.45) is 5.90 Å². The maximum atomic E-state index is 11.0. The molecule has 0 amide bonds. The van der Waals surface area contributed by atoms with Gasteiger partial charge in [0.2, 0.25) is 0 Å². The molecular weight excluding hydrogens is 366 g/mol. The number of allylic oxidation sites excluding steroid dienone is 1. The van der Waals surface area contributed by atoms with Gasteiger partial charge in [0.1, 0.15) is 19.0 Å². The molecule has 2 N–H and O–H groups in total. The highest BCUT2D eigenvalue weighted by atomic mass is 32.3. The topological polar surface area (TPSA) is 87.8 Å². The van der Waals surface area contributed by atoms with E-state index >= 15 is 0 Å². The van der Waals surface area contributed by atoms with Crippen molar-refractivity contribution < 1.29 is 21.6 Å².